The second-order valence-corrected chi connectivity index (χ2v) is 4.08. The average Bonchev–Trinajstić information content (AvgIpc) is 1.90. The minimum absolute atomic E-state index is 0.511. The molecular formula is C6H6Cl2Si. The van der Waals surface area contributed by atoms with Crippen molar-refractivity contribution in [2.24, 2.45) is 0 Å². The Morgan fingerprint density at radius 3 is 2.11 bits per heavy atom. The van der Waals surface area contributed by atoms with Gasteiger partial charge in [0.25, 0.3) is 0 Å². The third-order valence-electron chi connectivity index (χ3n) is 1.07. The van der Waals surface area contributed by atoms with E-state index in [1.807, 2.05) is 24.3 Å². The van der Waals surface area contributed by atoms with E-state index in [9.17, 15) is 0 Å². The Kier molecular flexibility index (Phi) is 2.58. The number of halogens is 2. The van der Waals surface area contributed by atoms with E-state index in [2.05, 4.69) is 0 Å². The summed E-state index contributed by atoms with van der Waals surface area (Å²) in [6, 6.07) is 7.68. The summed E-state index contributed by atoms with van der Waals surface area (Å²) < 4.78 is 0. The number of benzene rings is 1. The van der Waals surface area contributed by atoms with E-state index >= 15 is 0 Å². The highest BCUT2D eigenvalue weighted by Crippen LogP contribution is 2.03. The molecule has 1 aromatic rings. The van der Waals surface area contributed by atoms with Crippen molar-refractivity contribution < 1.29 is 0 Å². The van der Waals surface area contributed by atoms with Crippen LogP contribution in [0.1, 0.15) is 0 Å². The van der Waals surface area contributed by atoms with Crippen molar-refractivity contribution in [1.82, 2.24) is 0 Å². The van der Waals surface area contributed by atoms with Gasteiger partial charge in [0.2, 0.25) is 0 Å². The lowest BCUT2D eigenvalue weighted by Crippen LogP contribution is -2.06. The zero-order valence-corrected chi connectivity index (χ0v) is 7.70. The molecule has 0 N–H and O–H groups in total. The first-order valence-corrected chi connectivity index (χ1v) is 5.85. The van der Waals surface area contributed by atoms with Gasteiger partial charge in [-0.25, -0.2) is 0 Å². The second-order valence-electron chi connectivity index (χ2n) is 1.76. The molecule has 0 saturated carbocycles. The van der Waals surface area contributed by atoms with Gasteiger partial charge in [-0.1, -0.05) is 23.7 Å². The summed E-state index contributed by atoms with van der Waals surface area (Å²) in [5.74, 6) is 0. The van der Waals surface area contributed by atoms with Crippen molar-refractivity contribution in [2.75, 3.05) is 0 Å². The van der Waals surface area contributed by atoms with Crippen LogP contribution in [0.2, 0.25) is 5.02 Å². The first-order chi connectivity index (χ1) is 4.33. The summed E-state index contributed by atoms with van der Waals surface area (Å²) in [5, 5.41) is 2.01. The van der Waals surface area contributed by atoms with Crippen LogP contribution in [0.4, 0.5) is 0 Å². The zero-order chi connectivity index (χ0) is 6.69. The van der Waals surface area contributed by atoms with Gasteiger partial charge in [-0.05, 0) is 17.3 Å². The Morgan fingerprint density at radius 1 is 1.11 bits per heavy atom. The summed E-state index contributed by atoms with van der Waals surface area (Å²) in [6.45, 7) is 0. The smallest absolute Gasteiger partial charge is 0.155 e. The second kappa shape index (κ2) is 3.25. The van der Waals surface area contributed by atoms with Gasteiger partial charge < -0.3 is 0 Å². The Labute approximate surface area is 66.3 Å². The molecule has 0 aliphatic rings. The Morgan fingerprint density at radius 2 is 1.67 bits per heavy atom. The molecule has 0 radical (unpaired) electrons. The SMILES string of the molecule is Cl[SiH2]c1ccc(Cl)cc1. The molecule has 1 rings (SSSR count). The third kappa shape index (κ3) is 2.01. The van der Waals surface area contributed by atoms with Crippen LogP contribution < -0.4 is 5.19 Å². The van der Waals surface area contributed by atoms with Gasteiger partial charge in [-0.15, -0.1) is 0 Å². The lowest BCUT2D eigenvalue weighted by Gasteiger charge is -1.91. The molecule has 0 bridgehead atoms. The van der Waals surface area contributed by atoms with Crippen molar-refractivity contribution in [3.8, 4) is 0 Å². The summed E-state index contributed by atoms with van der Waals surface area (Å²) in [7, 11) is -0.511. The lowest BCUT2D eigenvalue weighted by atomic mass is 10.4. The van der Waals surface area contributed by atoms with Crippen LogP contribution in [0, 0.1) is 0 Å². The molecule has 0 unspecified atom stereocenters. The Hall–Kier alpha value is 0.0169. The highest BCUT2D eigenvalue weighted by molar-refractivity contribution is 7.01. The average molecular weight is 177 g/mol. The topological polar surface area (TPSA) is 0 Å². The van der Waals surface area contributed by atoms with E-state index < -0.39 is 8.83 Å². The maximum atomic E-state index is 5.68. The highest BCUT2D eigenvalue weighted by atomic mass is 35.6. The fourth-order valence-electron chi connectivity index (χ4n) is 0.573. The van der Waals surface area contributed by atoms with E-state index in [0.29, 0.717) is 0 Å². The molecule has 0 nitrogen and oxygen atoms in total. The van der Waals surface area contributed by atoms with Crippen molar-refractivity contribution in [3.63, 3.8) is 0 Å². The molecule has 0 aromatic heterocycles. The van der Waals surface area contributed by atoms with Gasteiger partial charge in [0.05, 0.1) is 0 Å². The fourth-order valence-corrected chi connectivity index (χ4v) is 1.65. The normalized spacial score (nSPS) is 10.9. The molecule has 48 valence electrons. The zero-order valence-electron chi connectivity index (χ0n) is 4.77. The summed E-state index contributed by atoms with van der Waals surface area (Å²) >= 11 is 11.3. The number of hydrogen-bond donors (Lipinski definition) is 0. The van der Waals surface area contributed by atoms with Crippen LogP contribution in [-0.2, 0) is 0 Å². The van der Waals surface area contributed by atoms with Crippen LogP contribution in [-0.4, -0.2) is 8.83 Å². The fraction of sp³-hybridized carbons (Fsp3) is 0. The lowest BCUT2D eigenvalue weighted by molar-refractivity contribution is 1.77. The molecular weight excluding hydrogens is 171 g/mol. The van der Waals surface area contributed by atoms with Crippen molar-refractivity contribution >= 4 is 36.7 Å². The molecule has 1 aromatic carbocycles. The summed E-state index contributed by atoms with van der Waals surface area (Å²) in [5.41, 5.74) is 0. The maximum absolute atomic E-state index is 5.68. The first-order valence-electron chi connectivity index (χ1n) is 2.63. The minimum Gasteiger partial charge on any atom is -0.170 e. The molecule has 0 saturated heterocycles. The molecule has 0 atom stereocenters. The monoisotopic (exact) mass is 176 g/mol. The van der Waals surface area contributed by atoms with E-state index in [1.54, 1.807) is 0 Å². The molecule has 0 amide bonds. The molecule has 0 heterocycles. The van der Waals surface area contributed by atoms with Gasteiger partial charge in [0.15, 0.2) is 8.83 Å². The predicted octanol–water partition coefficient (Wildman–Crippen LogP) is 1.29. The molecule has 3 heteroatoms. The van der Waals surface area contributed by atoms with Gasteiger partial charge in [-0.2, -0.15) is 11.1 Å². The van der Waals surface area contributed by atoms with E-state index in [-0.39, 0.29) is 0 Å². The summed E-state index contributed by atoms with van der Waals surface area (Å²) in [6.07, 6.45) is 0. The van der Waals surface area contributed by atoms with Crippen molar-refractivity contribution in [2.45, 2.75) is 0 Å². The number of rotatable bonds is 1. The van der Waals surface area contributed by atoms with Gasteiger partial charge in [0.1, 0.15) is 0 Å². The first kappa shape index (κ1) is 7.13. The summed E-state index contributed by atoms with van der Waals surface area (Å²) in [4.78, 5) is 0. The molecule has 0 aliphatic heterocycles. The maximum Gasteiger partial charge on any atom is 0.155 e. The van der Waals surface area contributed by atoms with Gasteiger partial charge >= 0.3 is 0 Å². The van der Waals surface area contributed by atoms with Crippen LogP contribution in [0.25, 0.3) is 0 Å². The van der Waals surface area contributed by atoms with Crippen molar-refractivity contribution in [3.05, 3.63) is 29.3 Å². The van der Waals surface area contributed by atoms with Crippen LogP contribution >= 0.6 is 22.7 Å². The molecule has 0 fully saturated rings. The molecule has 9 heavy (non-hydrogen) atoms. The van der Waals surface area contributed by atoms with Gasteiger partial charge in [-0.3, -0.25) is 0 Å². The largest absolute Gasteiger partial charge is 0.170 e. The predicted molar refractivity (Wildman–Crippen MR) is 45.5 cm³/mol. The van der Waals surface area contributed by atoms with Crippen LogP contribution in [0.15, 0.2) is 24.3 Å². The Bertz CT molecular complexity index is 183. The Balaban J connectivity index is 2.88. The molecule has 0 spiro atoms. The van der Waals surface area contributed by atoms with Crippen LogP contribution in [0.5, 0.6) is 0 Å². The van der Waals surface area contributed by atoms with Gasteiger partial charge in [0, 0.05) is 5.02 Å². The third-order valence-corrected chi connectivity index (χ3v) is 3.03. The minimum atomic E-state index is -0.511. The quantitative estimate of drug-likeness (QED) is 0.448. The molecule has 0 aliphatic carbocycles. The standard InChI is InChI=1S/C6H6Cl2Si/c7-5-1-3-6(9-8)4-2-5/h1-4H,9H2. The van der Waals surface area contributed by atoms with E-state index in [4.69, 9.17) is 22.7 Å². The van der Waals surface area contributed by atoms with E-state index in [1.165, 1.54) is 5.19 Å². The van der Waals surface area contributed by atoms with Crippen LogP contribution in [0.3, 0.4) is 0 Å². The van der Waals surface area contributed by atoms with E-state index in [0.717, 1.165) is 5.02 Å². The highest BCUT2D eigenvalue weighted by Gasteiger charge is 1.88. The van der Waals surface area contributed by atoms with Crippen molar-refractivity contribution in [1.29, 1.82) is 0 Å². The number of hydrogen-bond acceptors (Lipinski definition) is 0.